The van der Waals surface area contributed by atoms with E-state index in [4.69, 9.17) is 0 Å². The second-order valence-electron chi connectivity index (χ2n) is 4.18. The summed E-state index contributed by atoms with van der Waals surface area (Å²) in [6.07, 6.45) is 5.47. The van der Waals surface area contributed by atoms with Crippen molar-refractivity contribution in [1.29, 1.82) is 0 Å². The normalized spacial score (nSPS) is 24.9. The van der Waals surface area contributed by atoms with Crippen molar-refractivity contribution in [2.75, 3.05) is 18.1 Å². The molecule has 78 valence electrons. The quantitative estimate of drug-likeness (QED) is 0.709. The van der Waals surface area contributed by atoms with Crippen molar-refractivity contribution in [3.05, 3.63) is 0 Å². The van der Waals surface area contributed by atoms with Gasteiger partial charge in [-0.1, -0.05) is 19.8 Å². The monoisotopic (exact) mass is 201 g/mol. The van der Waals surface area contributed by atoms with Crippen LogP contribution in [0.5, 0.6) is 0 Å². The molecule has 1 aliphatic rings. The first-order chi connectivity index (χ1) is 6.33. The average Bonchev–Trinajstić information content (AvgIpc) is 2.64. The molecule has 0 radical (unpaired) electrons. The maximum absolute atomic E-state index is 3.65. The molecule has 0 aromatic carbocycles. The number of unbranched alkanes of at least 4 members (excludes halogenated alkanes) is 1. The Labute approximate surface area is 87.1 Å². The highest BCUT2D eigenvalue weighted by atomic mass is 32.2. The van der Waals surface area contributed by atoms with Crippen LogP contribution < -0.4 is 5.32 Å². The third-order valence-electron chi connectivity index (χ3n) is 2.77. The number of hydrogen-bond acceptors (Lipinski definition) is 2. The van der Waals surface area contributed by atoms with Gasteiger partial charge in [0.05, 0.1) is 0 Å². The zero-order chi connectivity index (χ0) is 9.52. The fraction of sp³-hybridized carbons (Fsp3) is 1.00. The molecule has 1 saturated heterocycles. The highest BCUT2D eigenvalue weighted by Crippen LogP contribution is 2.22. The molecule has 1 fully saturated rings. The molecule has 1 aliphatic heterocycles. The zero-order valence-corrected chi connectivity index (χ0v) is 9.83. The lowest BCUT2D eigenvalue weighted by molar-refractivity contribution is 0.442. The summed E-state index contributed by atoms with van der Waals surface area (Å²) in [5.74, 6) is 3.72. The van der Waals surface area contributed by atoms with Gasteiger partial charge in [0.25, 0.3) is 0 Å². The molecule has 0 bridgehead atoms. The summed E-state index contributed by atoms with van der Waals surface area (Å²) in [5.41, 5.74) is 0. The molecular formula is C11H23NS. The van der Waals surface area contributed by atoms with Crippen LogP contribution in [-0.4, -0.2) is 24.1 Å². The summed E-state index contributed by atoms with van der Waals surface area (Å²) in [4.78, 5) is 0. The summed E-state index contributed by atoms with van der Waals surface area (Å²) in [5, 5.41) is 3.65. The minimum absolute atomic E-state index is 0.727. The van der Waals surface area contributed by atoms with Crippen molar-refractivity contribution >= 4 is 11.8 Å². The van der Waals surface area contributed by atoms with Crippen LogP contribution in [0.3, 0.4) is 0 Å². The van der Waals surface area contributed by atoms with E-state index in [1.807, 2.05) is 0 Å². The molecule has 0 aromatic rings. The van der Waals surface area contributed by atoms with Crippen molar-refractivity contribution in [3.8, 4) is 0 Å². The Morgan fingerprint density at radius 2 is 2.38 bits per heavy atom. The SMILES string of the molecule is CCCCC(C)NCC1CCSC1. The number of thioether (sulfide) groups is 1. The van der Waals surface area contributed by atoms with Crippen LogP contribution in [0.1, 0.15) is 39.5 Å². The van der Waals surface area contributed by atoms with E-state index < -0.39 is 0 Å². The van der Waals surface area contributed by atoms with Gasteiger partial charge in [0.1, 0.15) is 0 Å². The van der Waals surface area contributed by atoms with Gasteiger partial charge in [-0.2, -0.15) is 11.8 Å². The van der Waals surface area contributed by atoms with Crippen LogP contribution in [0.25, 0.3) is 0 Å². The van der Waals surface area contributed by atoms with Gasteiger partial charge < -0.3 is 5.32 Å². The molecule has 1 N–H and O–H groups in total. The number of hydrogen-bond donors (Lipinski definition) is 1. The average molecular weight is 201 g/mol. The lowest BCUT2D eigenvalue weighted by Gasteiger charge is -2.16. The largest absolute Gasteiger partial charge is 0.314 e. The summed E-state index contributed by atoms with van der Waals surface area (Å²) in [6, 6.07) is 0.727. The Morgan fingerprint density at radius 3 is 3.00 bits per heavy atom. The number of nitrogens with one attached hydrogen (secondary N) is 1. The standard InChI is InChI=1S/C11H23NS/c1-3-4-5-10(2)12-8-11-6-7-13-9-11/h10-12H,3-9H2,1-2H3. The van der Waals surface area contributed by atoms with E-state index in [9.17, 15) is 0 Å². The van der Waals surface area contributed by atoms with Crippen LogP contribution in [0.2, 0.25) is 0 Å². The first-order valence-electron chi connectivity index (χ1n) is 5.64. The van der Waals surface area contributed by atoms with Gasteiger partial charge in [-0.15, -0.1) is 0 Å². The van der Waals surface area contributed by atoms with Gasteiger partial charge in [0.15, 0.2) is 0 Å². The second kappa shape index (κ2) is 6.72. The maximum Gasteiger partial charge on any atom is 0.00388 e. The summed E-state index contributed by atoms with van der Waals surface area (Å²) < 4.78 is 0. The van der Waals surface area contributed by atoms with Crippen LogP contribution in [0.4, 0.5) is 0 Å². The molecule has 2 heteroatoms. The Kier molecular flexibility index (Phi) is 5.88. The van der Waals surface area contributed by atoms with E-state index in [-0.39, 0.29) is 0 Å². The zero-order valence-electron chi connectivity index (χ0n) is 9.01. The summed E-state index contributed by atoms with van der Waals surface area (Å²) in [7, 11) is 0. The molecular weight excluding hydrogens is 178 g/mol. The van der Waals surface area contributed by atoms with Crippen LogP contribution in [-0.2, 0) is 0 Å². The smallest absolute Gasteiger partial charge is 0.00388 e. The molecule has 0 aliphatic carbocycles. The minimum atomic E-state index is 0.727. The molecule has 0 saturated carbocycles. The Hall–Kier alpha value is 0.310. The third-order valence-corrected chi connectivity index (χ3v) is 4.00. The van der Waals surface area contributed by atoms with Gasteiger partial charge in [-0.25, -0.2) is 0 Å². The molecule has 2 unspecified atom stereocenters. The van der Waals surface area contributed by atoms with Crippen molar-refractivity contribution < 1.29 is 0 Å². The van der Waals surface area contributed by atoms with E-state index in [2.05, 4.69) is 30.9 Å². The summed E-state index contributed by atoms with van der Waals surface area (Å²) >= 11 is 2.11. The molecule has 1 nitrogen and oxygen atoms in total. The first-order valence-corrected chi connectivity index (χ1v) is 6.79. The van der Waals surface area contributed by atoms with E-state index in [1.54, 1.807) is 0 Å². The van der Waals surface area contributed by atoms with E-state index in [0.717, 1.165) is 12.0 Å². The van der Waals surface area contributed by atoms with Crippen molar-refractivity contribution in [2.45, 2.75) is 45.6 Å². The second-order valence-corrected chi connectivity index (χ2v) is 5.33. The van der Waals surface area contributed by atoms with Gasteiger partial charge in [-0.3, -0.25) is 0 Å². The molecule has 1 heterocycles. The predicted molar refractivity (Wildman–Crippen MR) is 62.4 cm³/mol. The van der Waals surface area contributed by atoms with E-state index in [0.29, 0.717) is 0 Å². The third kappa shape index (κ3) is 4.92. The molecule has 1 rings (SSSR count). The van der Waals surface area contributed by atoms with Crippen molar-refractivity contribution in [3.63, 3.8) is 0 Å². The van der Waals surface area contributed by atoms with Crippen LogP contribution in [0, 0.1) is 5.92 Å². The minimum Gasteiger partial charge on any atom is -0.314 e. The molecule has 13 heavy (non-hydrogen) atoms. The Bertz CT molecular complexity index is 121. The highest BCUT2D eigenvalue weighted by Gasteiger charge is 2.15. The van der Waals surface area contributed by atoms with Crippen molar-refractivity contribution in [1.82, 2.24) is 5.32 Å². The maximum atomic E-state index is 3.65. The topological polar surface area (TPSA) is 12.0 Å². The van der Waals surface area contributed by atoms with Gasteiger partial charge in [-0.05, 0) is 43.7 Å². The fourth-order valence-corrected chi connectivity index (χ4v) is 3.01. The molecule has 2 atom stereocenters. The Morgan fingerprint density at radius 1 is 1.54 bits per heavy atom. The molecule has 0 amide bonds. The fourth-order valence-electron chi connectivity index (χ4n) is 1.72. The molecule has 0 spiro atoms. The van der Waals surface area contributed by atoms with Crippen LogP contribution in [0.15, 0.2) is 0 Å². The Balaban J connectivity index is 1.97. The lowest BCUT2D eigenvalue weighted by atomic mass is 10.1. The molecule has 0 aromatic heterocycles. The first kappa shape index (κ1) is 11.4. The van der Waals surface area contributed by atoms with Crippen molar-refractivity contribution in [2.24, 2.45) is 5.92 Å². The highest BCUT2D eigenvalue weighted by molar-refractivity contribution is 7.99. The predicted octanol–water partition coefficient (Wildman–Crippen LogP) is 2.91. The van der Waals surface area contributed by atoms with Gasteiger partial charge in [0, 0.05) is 6.04 Å². The van der Waals surface area contributed by atoms with Crippen LogP contribution >= 0.6 is 11.8 Å². The van der Waals surface area contributed by atoms with E-state index >= 15 is 0 Å². The van der Waals surface area contributed by atoms with Gasteiger partial charge in [0.2, 0.25) is 0 Å². The lowest BCUT2D eigenvalue weighted by Crippen LogP contribution is -2.31. The summed E-state index contributed by atoms with van der Waals surface area (Å²) in [6.45, 7) is 5.83. The van der Waals surface area contributed by atoms with Gasteiger partial charge >= 0.3 is 0 Å². The number of rotatable bonds is 6. The van der Waals surface area contributed by atoms with E-state index in [1.165, 1.54) is 43.7 Å².